The van der Waals surface area contributed by atoms with Crippen molar-refractivity contribution in [2.24, 2.45) is 4.99 Å². The zero-order valence-electron chi connectivity index (χ0n) is 16.1. The molecule has 27 heavy (non-hydrogen) atoms. The minimum absolute atomic E-state index is 0. The van der Waals surface area contributed by atoms with Crippen LogP contribution in [0.3, 0.4) is 0 Å². The van der Waals surface area contributed by atoms with Crippen molar-refractivity contribution >= 4 is 40.0 Å². The zero-order chi connectivity index (χ0) is 18.8. The Kier molecular flexibility index (Phi) is 11.3. The largest absolute Gasteiger partial charge is 0.468 e. The second-order valence-electron chi connectivity index (χ2n) is 6.44. The van der Waals surface area contributed by atoms with E-state index in [0.29, 0.717) is 26.1 Å². The summed E-state index contributed by atoms with van der Waals surface area (Å²) in [7, 11) is -3.13. The van der Waals surface area contributed by atoms with Gasteiger partial charge in [0, 0.05) is 19.6 Å². The van der Waals surface area contributed by atoms with Crippen LogP contribution in [-0.4, -0.2) is 64.8 Å². The third kappa shape index (κ3) is 9.26. The molecule has 1 aromatic heterocycles. The predicted octanol–water partition coefficient (Wildman–Crippen LogP) is 1.53. The molecule has 1 aliphatic rings. The average Bonchev–Trinajstić information content (AvgIpc) is 3.27. The van der Waals surface area contributed by atoms with Crippen molar-refractivity contribution in [3.8, 4) is 0 Å². The highest BCUT2D eigenvalue weighted by Crippen LogP contribution is 2.25. The minimum atomic E-state index is -3.13. The summed E-state index contributed by atoms with van der Waals surface area (Å²) < 4.78 is 30.2. The van der Waals surface area contributed by atoms with E-state index < -0.39 is 10.0 Å². The Hall–Kier alpha value is -0.850. The summed E-state index contributed by atoms with van der Waals surface area (Å²) in [5.74, 6) is 1.69. The van der Waals surface area contributed by atoms with Crippen LogP contribution in [0, 0.1) is 0 Å². The third-order valence-electron chi connectivity index (χ3n) is 4.23. The summed E-state index contributed by atoms with van der Waals surface area (Å²) in [6.45, 7) is 6.60. The lowest BCUT2D eigenvalue weighted by molar-refractivity contribution is 0.221. The van der Waals surface area contributed by atoms with Gasteiger partial charge in [0.2, 0.25) is 10.0 Å². The first-order valence-electron chi connectivity index (χ1n) is 9.24. The van der Waals surface area contributed by atoms with Crippen molar-refractivity contribution in [3.63, 3.8) is 0 Å². The predicted molar refractivity (Wildman–Crippen MR) is 119 cm³/mol. The van der Waals surface area contributed by atoms with E-state index in [4.69, 9.17) is 9.41 Å². The fraction of sp³-hybridized carbons (Fsp3) is 0.706. The molecule has 8 nitrogen and oxygen atoms in total. The average molecular weight is 513 g/mol. The summed E-state index contributed by atoms with van der Waals surface area (Å²) >= 11 is 0. The number of halogens is 1. The van der Waals surface area contributed by atoms with Crippen molar-refractivity contribution in [2.75, 3.05) is 45.5 Å². The van der Waals surface area contributed by atoms with Crippen LogP contribution in [0.2, 0.25) is 0 Å². The number of guanidine groups is 1. The van der Waals surface area contributed by atoms with Crippen LogP contribution < -0.4 is 15.4 Å². The van der Waals surface area contributed by atoms with Crippen molar-refractivity contribution in [2.45, 2.75) is 32.2 Å². The van der Waals surface area contributed by atoms with Gasteiger partial charge in [0.15, 0.2) is 5.96 Å². The molecule has 1 saturated heterocycles. The van der Waals surface area contributed by atoms with E-state index in [2.05, 4.69) is 20.3 Å². The molecule has 0 radical (unpaired) electrons. The number of hydrogen-bond donors (Lipinski definition) is 3. The van der Waals surface area contributed by atoms with Crippen LogP contribution in [0.25, 0.3) is 0 Å². The van der Waals surface area contributed by atoms with Gasteiger partial charge >= 0.3 is 0 Å². The van der Waals surface area contributed by atoms with E-state index in [-0.39, 0.29) is 30.0 Å². The van der Waals surface area contributed by atoms with E-state index in [1.807, 2.05) is 19.1 Å². The Morgan fingerprint density at radius 2 is 2.04 bits per heavy atom. The molecule has 1 aliphatic heterocycles. The minimum Gasteiger partial charge on any atom is -0.468 e. The monoisotopic (exact) mass is 513 g/mol. The number of likely N-dealkylation sites (tertiary alicyclic amines) is 1. The topological polar surface area (TPSA) is 99.0 Å². The van der Waals surface area contributed by atoms with Crippen LogP contribution in [0.15, 0.2) is 27.8 Å². The Balaban J connectivity index is 0.00000364. The summed E-state index contributed by atoms with van der Waals surface area (Å²) in [5.41, 5.74) is 0. The maximum Gasteiger partial charge on any atom is 0.208 e. The van der Waals surface area contributed by atoms with E-state index in [9.17, 15) is 8.42 Å². The van der Waals surface area contributed by atoms with E-state index in [1.54, 1.807) is 6.26 Å². The molecule has 2 rings (SSSR count). The van der Waals surface area contributed by atoms with Gasteiger partial charge in [0.05, 0.1) is 25.1 Å². The van der Waals surface area contributed by atoms with Crippen LogP contribution in [-0.2, 0) is 10.0 Å². The molecule has 156 valence electrons. The molecule has 1 fully saturated rings. The van der Waals surface area contributed by atoms with Gasteiger partial charge in [-0.3, -0.25) is 9.89 Å². The molecule has 0 saturated carbocycles. The Bertz CT molecular complexity index is 646. The molecule has 3 N–H and O–H groups in total. The van der Waals surface area contributed by atoms with Gasteiger partial charge in [0.1, 0.15) is 5.76 Å². The molecule has 0 bridgehead atoms. The van der Waals surface area contributed by atoms with E-state index in [1.165, 1.54) is 19.1 Å². The highest BCUT2D eigenvalue weighted by molar-refractivity contribution is 14.0. The van der Waals surface area contributed by atoms with Gasteiger partial charge in [-0.15, -0.1) is 24.0 Å². The van der Waals surface area contributed by atoms with Crippen LogP contribution in [0.1, 0.15) is 38.0 Å². The number of nitrogens with one attached hydrogen (secondary N) is 3. The molecule has 1 atom stereocenters. The third-order valence-corrected chi connectivity index (χ3v) is 4.96. The second-order valence-corrected chi connectivity index (χ2v) is 8.27. The van der Waals surface area contributed by atoms with Crippen molar-refractivity contribution in [3.05, 3.63) is 24.2 Å². The van der Waals surface area contributed by atoms with Gasteiger partial charge in [-0.1, -0.05) is 0 Å². The lowest BCUT2D eigenvalue weighted by Crippen LogP contribution is -2.39. The quantitative estimate of drug-likeness (QED) is 0.190. The fourth-order valence-electron chi connectivity index (χ4n) is 2.99. The second kappa shape index (κ2) is 12.6. The smallest absolute Gasteiger partial charge is 0.208 e. The van der Waals surface area contributed by atoms with Crippen molar-refractivity contribution in [1.82, 2.24) is 20.3 Å². The molecule has 10 heteroatoms. The zero-order valence-corrected chi connectivity index (χ0v) is 19.3. The van der Waals surface area contributed by atoms with Crippen LogP contribution >= 0.6 is 24.0 Å². The van der Waals surface area contributed by atoms with Crippen LogP contribution in [0.5, 0.6) is 0 Å². The molecule has 1 aromatic rings. The summed E-state index contributed by atoms with van der Waals surface area (Å²) in [4.78, 5) is 7.13. The highest BCUT2D eigenvalue weighted by atomic mass is 127. The summed E-state index contributed by atoms with van der Waals surface area (Å²) in [6.07, 6.45) is 5.99. The molecule has 0 spiro atoms. The van der Waals surface area contributed by atoms with Crippen molar-refractivity contribution < 1.29 is 12.8 Å². The number of aliphatic imine (C=N–C) groups is 1. The number of furan rings is 1. The van der Waals surface area contributed by atoms with Gasteiger partial charge in [-0.25, -0.2) is 13.1 Å². The standard InChI is InChI=1S/C17H31N5O3S.HI/c1-3-18-17(19-9-7-10-21-26(2,23)24)20-14-15(16-8-6-13-25-16)22-11-4-5-12-22;/h6,8,13,15,21H,3-5,7,9-12,14H2,1-2H3,(H2,18,19,20);1H. The van der Waals surface area contributed by atoms with E-state index in [0.717, 1.165) is 31.4 Å². The summed E-state index contributed by atoms with van der Waals surface area (Å²) in [6, 6.07) is 4.07. The highest BCUT2D eigenvalue weighted by Gasteiger charge is 2.25. The molecule has 2 heterocycles. The van der Waals surface area contributed by atoms with E-state index >= 15 is 0 Å². The fourth-order valence-corrected chi connectivity index (χ4v) is 3.51. The van der Waals surface area contributed by atoms with Crippen molar-refractivity contribution in [1.29, 1.82) is 0 Å². The lowest BCUT2D eigenvalue weighted by atomic mass is 10.2. The molecule has 0 aromatic carbocycles. The van der Waals surface area contributed by atoms with Gasteiger partial charge in [-0.2, -0.15) is 0 Å². The Labute approximate surface area is 179 Å². The number of rotatable bonds is 10. The maximum absolute atomic E-state index is 11.1. The summed E-state index contributed by atoms with van der Waals surface area (Å²) in [5, 5.41) is 6.49. The first-order valence-corrected chi connectivity index (χ1v) is 11.1. The first kappa shape index (κ1) is 24.2. The number of nitrogens with zero attached hydrogens (tertiary/aromatic N) is 2. The molecular formula is C17H32IN5O3S. The molecule has 0 aliphatic carbocycles. The Morgan fingerprint density at radius 1 is 1.30 bits per heavy atom. The first-order chi connectivity index (χ1) is 12.5. The number of hydrogen-bond acceptors (Lipinski definition) is 5. The lowest BCUT2D eigenvalue weighted by Gasteiger charge is -2.24. The Morgan fingerprint density at radius 3 is 2.63 bits per heavy atom. The van der Waals surface area contributed by atoms with Crippen LogP contribution in [0.4, 0.5) is 0 Å². The van der Waals surface area contributed by atoms with Gasteiger partial charge in [-0.05, 0) is 51.4 Å². The maximum atomic E-state index is 11.1. The normalized spacial score (nSPS) is 16.7. The van der Waals surface area contributed by atoms with Gasteiger partial charge < -0.3 is 15.1 Å². The molecular weight excluding hydrogens is 481 g/mol. The molecule has 1 unspecified atom stereocenters. The number of sulfonamides is 1. The molecule has 0 amide bonds. The van der Waals surface area contributed by atoms with Gasteiger partial charge in [0.25, 0.3) is 0 Å². The SMILES string of the molecule is CCNC(=NCC(c1ccco1)N1CCCC1)NCCCNS(C)(=O)=O.I.